The Labute approximate surface area is 136 Å². The van der Waals surface area contributed by atoms with Gasteiger partial charge in [-0.3, -0.25) is 24.1 Å². The molecule has 1 heterocycles. The summed E-state index contributed by atoms with van der Waals surface area (Å²) in [7, 11) is 0. The summed E-state index contributed by atoms with van der Waals surface area (Å²) in [6.07, 6.45) is 3.32. The van der Waals surface area contributed by atoms with Crippen LogP contribution < -0.4 is 11.5 Å². The van der Waals surface area contributed by atoms with Gasteiger partial charge in [0.15, 0.2) is 0 Å². The maximum absolute atomic E-state index is 12.7. The van der Waals surface area contributed by atoms with Gasteiger partial charge >= 0.3 is 0 Å². The molecular weight excluding hydrogens is 300 g/mol. The third kappa shape index (κ3) is 4.35. The van der Waals surface area contributed by atoms with E-state index in [2.05, 4.69) is 0 Å². The SMILES string of the molecule is CC[C@H](C)[C@H](N)C(=O)N(C[C]=O)C(=O)[C@@H]1CCCN1C(=O)CN. The Balaban J connectivity index is 2.95. The fourth-order valence-corrected chi connectivity index (χ4v) is 2.63. The fourth-order valence-electron chi connectivity index (χ4n) is 2.63. The monoisotopic (exact) mass is 325 g/mol. The van der Waals surface area contributed by atoms with Crippen LogP contribution in [0.4, 0.5) is 0 Å². The molecular formula is C15H25N4O4. The van der Waals surface area contributed by atoms with Crippen molar-refractivity contribution in [3.8, 4) is 0 Å². The summed E-state index contributed by atoms with van der Waals surface area (Å²) in [5.41, 5.74) is 11.2. The van der Waals surface area contributed by atoms with Crippen LogP contribution in [0, 0.1) is 5.92 Å². The number of rotatable bonds is 7. The van der Waals surface area contributed by atoms with Crippen molar-refractivity contribution in [3.63, 3.8) is 0 Å². The van der Waals surface area contributed by atoms with Crippen LogP contribution in [0.3, 0.4) is 0 Å². The van der Waals surface area contributed by atoms with Crippen molar-refractivity contribution in [2.45, 2.75) is 45.2 Å². The standard InChI is InChI=1S/C15H25N4O4/c1-3-10(2)13(17)15(23)19(7-8-20)14(22)11-5-4-6-18(11)12(21)9-16/h10-11,13H,3-7,9,16-17H2,1-2H3/t10-,11-,13-/m0/s1. The van der Waals surface area contributed by atoms with Gasteiger partial charge in [-0.15, -0.1) is 0 Å². The normalized spacial score (nSPS) is 20.0. The predicted molar refractivity (Wildman–Crippen MR) is 83.6 cm³/mol. The first-order chi connectivity index (χ1) is 10.9. The number of carbonyl (C=O) groups is 3. The van der Waals surface area contributed by atoms with E-state index in [1.807, 2.05) is 6.92 Å². The molecule has 0 saturated carbocycles. The molecule has 3 amide bonds. The minimum Gasteiger partial charge on any atom is -0.330 e. The second-order valence-electron chi connectivity index (χ2n) is 5.77. The van der Waals surface area contributed by atoms with Crippen LogP contribution in [0.2, 0.25) is 0 Å². The number of carbonyl (C=O) groups excluding carboxylic acids is 4. The minimum atomic E-state index is -0.877. The zero-order valence-corrected chi connectivity index (χ0v) is 13.7. The molecule has 0 bridgehead atoms. The Morgan fingerprint density at radius 1 is 1.39 bits per heavy atom. The number of hydrogen-bond donors (Lipinski definition) is 2. The number of likely N-dealkylation sites (tertiary alicyclic amines) is 1. The smallest absolute Gasteiger partial charge is 0.252 e. The summed E-state index contributed by atoms with van der Waals surface area (Å²) in [6, 6.07) is -1.65. The summed E-state index contributed by atoms with van der Waals surface area (Å²) in [6.45, 7) is 3.41. The molecule has 8 heteroatoms. The number of nitrogens with two attached hydrogens (primary N) is 2. The molecule has 0 aromatic rings. The van der Waals surface area contributed by atoms with Crippen molar-refractivity contribution >= 4 is 24.0 Å². The average molecular weight is 325 g/mol. The molecule has 0 aromatic heterocycles. The molecule has 1 fully saturated rings. The molecule has 23 heavy (non-hydrogen) atoms. The highest BCUT2D eigenvalue weighted by Crippen LogP contribution is 2.20. The average Bonchev–Trinajstić information content (AvgIpc) is 3.05. The lowest BCUT2D eigenvalue weighted by Crippen LogP contribution is -2.55. The van der Waals surface area contributed by atoms with Crippen LogP contribution >= 0.6 is 0 Å². The molecule has 129 valence electrons. The van der Waals surface area contributed by atoms with Gasteiger partial charge in [0, 0.05) is 6.54 Å². The Kier molecular flexibility index (Phi) is 7.31. The van der Waals surface area contributed by atoms with Crippen molar-refractivity contribution in [2.75, 3.05) is 19.6 Å². The van der Waals surface area contributed by atoms with E-state index in [1.54, 1.807) is 13.2 Å². The molecule has 0 unspecified atom stereocenters. The number of imide groups is 1. The van der Waals surface area contributed by atoms with E-state index in [0.29, 0.717) is 25.8 Å². The van der Waals surface area contributed by atoms with Gasteiger partial charge < -0.3 is 16.4 Å². The Morgan fingerprint density at radius 3 is 2.57 bits per heavy atom. The molecule has 1 rings (SSSR count). The third-order valence-electron chi connectivity index (χ3n) is 4.33. The molecule has 0 spiro atoms. The van der Waals surface area contributed by atoms with Gasteiger partial charge in [-0.05, 0) is 18.8 Å². The van der Waals surface area contributed by atoms with E-state index in [-0.39, 0.29) is 18.4 Å². The van der Waals surface area contributed by atoms with Crippen molar-refractivity contribution in [2.24, 2.45) is 17.4 Å². The Hall–Kier alpha value is -1.80. The lowest BCUT2D eigenvalue weighted by atomic mass is 9.98. The van der Waals surface area contributed by atoms with Crippen LogP contribution in [-0.2, 0) is 19.2 Å². The highest BCUT2D eigenvalue weighted by atomic mass is 16.2. The summed E-state index contributed by atoms with van der Waals surface area (Å²) < 4.78 is 0. The van der Waals surface area contributed by atoms with Gasteiger partial charge in [0.1, 0.15) is 6.04 Å². The van der Waals surface area contributed by atoms with Crippen molar-refractivity contribution in [3.05, 3.63) is 0 Å². The van der Waals surface area contributed by atoms with Gasteiger partial charge in [-0.25, -0.2) is 0 Å². The van der Waals surface area contributed by atoms with Gasteiger partial charge in [0.25, 0.3) is 5.91 Å². The number of nitrogens with zero attached hydrogens (tertiary/aromatic N) is 2. The largest absolute Gasteiger partial charge is 0.330 e. The molecule has 1 saturated heterocycles. The molecule has 1 radical (unpaired) electrons. The number of hydrogen-bond acceptors (Lipinski definition) is 6. The van der Waals surface area contributed by atoms with Gasteiger partial charge in [0.05, 0.1) is 19.1 Å². The van der Waals surface area contributed by atoms with Crippen LogP contribution in [0.1, 0.15) is 33.1 Å². The van der Waals surface area contributed by atoms with Gasteiger partial charge in [0.2, 0.25) is 18.1 Å². The first-order valence-corrected chi connectivity index (χ1v) is 7.84. The topological polar surface area (TPSA) is 127 Å². The summed E-state index contributed by atoms with van der Waals surface area (Å²) in [4.78, 5) is 49.9. The van der Waals surface area contributed by atoms with Crippen molar-refractivity contribution in [1.82, 2.24) is 9.80 Å². The molecule has 4 N–H and O–H groups in total. The van der Waals surface area contributed by atoms with Crippen LogP contribution in [0.25, 0.3) is 0 Å². The Morgan fingerprint density at radius 2 is 2.04 bits per heavy atom. The maximum Gasteiger partial charge on any atom is 0.252 e. The Bertz CT molecular complexity index is 468. The highest BCUT2D eigenvalue weighted by Gasteiger charge is 2.39. The van der Waals surface area contributed by atoms with E-state index in [1.165, 1.54) is 4.90 Å². The quantitative estimate of drug-likeness (QED) is 0.604. The fraction of sp³-hybridized carbons (Fsp3) is 0.733. The molecule has 1 aliphatic heterocycles. The van der Waals surface area contributed by atoms with Crippen molar-refractivity contribution < 1.29 is 19.2 Å². The lowest BCUT2D eigenvalue weighted by Gasteiger charge is -2.30. The summed E-state index contributed by atoms with van der Waals surface area (Å²) >= 11 is 0. The zero-order valence-electron chi connectivity index (χ0n) is 13.7. The summed E-state index contributed by atoms with van der Waals surface area (Å²) in [5, 5.41) is 0. The molecule has 8 nitrogen and oxygen atoms in total. The van der Waals surface area contributed by atoms with E-state index >= 15 is 0 Å². The molecule has 3 atom stereocenters. The molecule has 1 aliphatic rings. The van der Waals surface area contributed by atoms with Gasteiger partial charge in [-0.1, -0.05) is 20.3 Å². The molecule has 0 aliphatic carbocycles. The second-order valence-corrected chi connectivity index (χ2v) is 5.77. The first-order valence-electron chi connectivity index (χ1n) is 7.84. The van der Waals surface area contributed by atoms with Gasteiger partial charge in [-0.2, -0.15) is 0 Å². The first kappa shape index (κ1) is 19.2. The highest BCUT2D eigenvalue weighted by molar-refractivity contribution is 6.02. The van der Waals surface area contributed by atoms with Crippen LogP contribution in [0.5, 0.6) is 0 Å². The predicted octanol–water partition coefficient (Wildman–Crippen LogP) is -1.23. The third-order valence-corrected chi connectivity index (χ3v) is 4.33. The molecule has 0 aromatic carbocycles. The van der Waals surface area contributed by atoms with E-state index in [0.717, 1.165) is 4.90 Å². The van der Waals surface area contributed by atoms with Crippen LogP contribution in [0.15, 0.2) is 0 Å². The summed E-state index contributed by atoms with van der Waals surface area (Å²) in [5.74, 6) is -1.68. The van der Waals surface area contributed by atoms with E-state index in [4.69, 9.17) is 11.5 Å². The second kappa shape index (κ2) is 8.73. The van der Waals surface area contributed by atoms with Crippen molar-refractivity contribution in [1.29, 1.82) is 0 Å². The lowest BCUT2D eigenvalue weighted by molar-refractivity contribution is -0.151. The number of amides is 3. The van der Waals surface area contributed by atoms with E-state index < -0.39 is 30.4 Å². The maximum atomic E-state index is 12.7. The minimum absolute atomic E-state index is 0.130. The van der Waals surface area contributed by atoms with E-state index in [9.17, 15) is 19.2 Å². The zero-order chi connectivity index (χ0) is 17.6. The van der Waals surface area contributed by atoms with Crippen LogP contribution in [-0.4, -0.2) is 65.5 Å².